The van der Waals surface area contributed by atoms with Crippen LogP contribution in [0, 0.1) is 6.92 Å². The van der Waals surface area contributed by atoms with Crippen LogP contribution in [0.3, 0.4) is 0 Å². The lowest BCUT2D eigenvalue weighted by molar-refractivity contribution is -0.123. The van der Waals surface area contributed by atoms with Crippen molar-refractivity contribution in [3.63, 3.8) is 0 Å². The Kier molecular flexibility index (Phi) is 5.38. The summed E-state index contributed by atoms with van der Waals surface area (Å²) in [6, 6.07) is 14.5. The lowest BCUT2D eigenvalue weighted by Crippen LogP contribution is -2.29. The third kappa shape index (κ3) is 4.12. The number of rotatable bonds is 5. The molecule has 0 saturated carbocycles. The number of aromatic nitrogens is 2. The minimum Gasteiger partial charge on any atom is -0.448 e. The van der Waals surface area contributed by atoms with E-state index in [1.165, 1.54) is 18.3 Å². The average Bonchev–Trinajstić information content (AvgIpc) is 3.05. The molecule has 0 saturated heterocycles. The molecular weight excluding hydrogens is 350 g/mol. The molecule has 0 spiro atoms. The van der Waals surface area contributed by atoms with Crippen molar-refractivity contribution in [2.75, 3.05) is 5.32 Å². The molecule has 2 aromatic heterocycles. The van der Waals surface area contributed by atoms with Crippen molar-refractivity contribution in [1.82, 2.24) is 9.97 Å². The number of pyridine rings is 1. The highest BCUT2D eigenvalue weighted by Crippen LogP contribution is 2.27. The van der Waals surface area contributed by atoms with Gasteiger partial charge < -0.3 is 10.1 Å². The van der Waals surface area contributed by atoms with E-state index in [-0.39, 0.29) is 0 Å². The number of carbonyl (C=O) groups excluding carboxylic acids is 2. The lowest BCUT2D eigenvalue weighted by Gasteiger charge is -2.13. The number of hydrogen-bond acceptors (Lipinski definition) is 6. The van der Waals surface area contributed by atoms with Crippen molar-refractivity contribution in [3.8, 4) is 10.7 Å². The van der Waals surface area contributed by atoms with Crippen LogP contribution >= 0.6 is 11.3 Å². The molecule has 3 rings (SSSR count). The van der Waals surface area contributed by atoms with Crippen LogP contribution in [-0.4, -0.2) is 27.9 Å². The standard InChI is InChI=1S/C19H17N3O3S/c1-12-16(26-18(21-12)15-10-6-7-11-20-15)19(24)25-13(2)17(23)22-14-8-4-3-5-9-14/h3-11,13H,1-2H3,(H,22,23)/t13-/m0/s1. The molecular formula is C19H17N3O3S. The molecule has 26 heavy (non-hydrogen) atoms. The summed E-state index contributed by atoms with van der Waals surface area (Å²) in [7, 11) is 0. The molecule has 1 amide bonds. The van der Waals surface area contributed by atoms with Crippen LogP contribution < -0.4 is 5.32 Å². The van der Waals surface area contributed by atoms with Crippen molar-refractivity contribution < 1.29 is 14.3 Å². The van der Waals surface area contributed by atoms with Gasteiger partial charge in [0, 0.05) is 11.9 Å². The second-order valence-electron chi connectivity index (χ2n) is 5.55. The maximum Gasteiger partial charge on any atom is 0.351 e. The van der Waals surface area contributed by atoms with Gasteiger partial charge in [0.1, 0.15) is 9.88 Å². The van der Waals surface area contributed by atoms with E-state index >= 15 is 0 Å². The van der Waals surface area contributed by atoms with Gasteiger partial charge in [0.15, 0.2) is 6.10 Å². The molecule has 0 bridgehead atoms. The molecule has 2 heterocycles. The number of anilines is 1. The normalized spacial score (nSPS) is 11.6. The summed E-state index contributed by atoms with van der Waals surface area (Å²) in [4.78, 5) is 33.6. The highest BCUT2D eigenvalue weighted by atomic mass is 32.1. The smallest absolute Gasteiger partial charge is 0.351 e. The van der Waals surface area contributed by atoms with Crippen molar-refractivity contribution in [2.24, 2.45) is 0 Å². The van der Waals surface area contributed by atoms with Gasteiger partial charge >= 0.3 is 5.97 Å². The van der Waals surface area contributed by atoms with E-state index in [2.05, 4.69) is 15.3 Å². The highest BCUT2D eigenvalue weighted by molar-refractivity contribution is 7.17. The second-order valence-corrected chi connectivity index (χ2v) is 6.55. The van der Waals surface area contributed by atoms with Gasteiger partial charge in [-0.3, -0.25) is 9.78 Å². The monoisotopic (exact) mass is 367 g/mol. The topological polar surface area (TPSA) is 81.2 Å². The zero-order valence-corrected chi connectivity index (χ0v) is 15.1. The molecule has 0 unspecified atom stereocenters. The first kappa shape index (κ1) is 17.8. The first-order chi connectivity index (χ1) is 12.5. The third-order valence-corrected chi connectivity index (χ3v) is 4.72. The molecule has 0 aliphatic rings. The molecule has 0 aliphatic carbocycles. The highest BCUT2D eigenvalue weighted by Gasteiger charge is 2.23. The fourth-order valence-electron chi connectivity index (χ4n) is 2.22. The minimum absolute atomic E-state index is 0.366. The average molecular weight is 367 g/mol. The van der Waals surface area contributed by atoms with E-state index in [9.17, 15) is 9.59 Å². The maximum absolute atomic E-state index is 12.4. The van der Waals surface area contributed by atoms with Gasteiger partial charge in [-0.25, -0.2) is 9.78 Å². The maximum atomic E-state index is 12.4. The van der Waals surface area contributed by atoms with Gasteiger partial charge in [0.25, 0.3) is 5.91 Å². The van der Waals surface area contributed by atoms with Crippen LogP contribution in [0.1, 0.15) is 22.3 Å². The molecule has 1 N–H and O–H groups in total. The Morgan fingerprint density at radius 1 is 1.12 bits per heavy atom. The molecule has 0 radical (unpaired) electrons. The fourth-order valence-corrected chi connectivity index (χ4v) is 3.14. The SMILES string of the molecule is Cc1nc(-c2ccccn2)sc1C(=O)O[C@@H](C)C(=O)Nc1ccccc1. The first-order valence-electron chi connectivity index (χ1n) is 8.00. The fraction of sp³-hybridized carbons (Fsp3) is 0.158. The quantitative estimate of drug-likeness (QED) is 0.696. The number of ether oxygens (including phenoxy) is 1. The molecule has 6 nitrogen and oxygen atoms in total. The van der Waals surface area contributed by atoms with Crippen LogP contribution in [0.25, 0.3) is 10.7 Å². The van der Waals surface area contributed by atoms with Crippen molar-refractivity contribution in [3.05, 3.63) is 65.3 Å². The lowest BCUT2D eigenvalue weighted by atomic mass is 10.3. The van der Waals surface area contributed by atoms with Gasteiger partial charge in [0.05, 0.1) is 11.4 Å². The third-order valence-electron chi connectivity index (χ3n) is 3.56. The largest absolute Gasteiger partial charge is 0.448 e. The Hall–Kier alpha value is -3.06. The number of benzene rings is 1. The zero-order chi connectivity index (χ0) is 18.5. The molecule has 1 aromatic carbocycles. The van der Waals surface area contributed by atoms with Gasteiger partial charge in [-0.1, -0.05) is 24.3 Å². The molecule has 1 atom stereocenters. The van der Waals surface area contributed by atoms with E-state index < -0.39 is 18.0 Å². The Labute approximate surface area is 154 Å². The van der Waals surface area contributed by atoms with E-state index in [4.69, 9.17) is 4.74 Å². The number of aryl methyl sites for hydroxylation is 1. The van der Waals surface area contributed by atoms with Crippen LogP contribution in [-0.2, 0) is 9.53 Å². The summed E-state index contributed by atoms with van der Waals surface area (Å²) in [6.07, 6.45) is 0.738. The molecule has 132 valence electrons. The number of para-hydroxylation sites is 1. The van der Waals surface area contributed by atoms with E-state index in [0.717, 1.165) is 0 Å². The summed E-state index contributed by atoms with van der Waals surface area (Å²) < 4.78 is 5.30. The summed E-state index contributed by atoms with van der Waals surface area (Å²) in [6.45, 7) is 3.26. The predicted octanol–water partition coefficient (Wildman–Crippen LogP) is 3.70. The molecule has 7 heteroatoms. The van der Waals surface area contributed by atoms with Crippen molar-refractivity contribution >= 4 is 28.9 Å². The van der Waals surface area contributed by atoms with Gasteiger partial charge in [-0.2, -0.15) is 0 Å². The molecule has 0 aliphatic heterocycles. The summed E-state index contributed by atoms with van der Waals surface area (Å²) in [5.41, 5.74) is 1.89. The van der Waals surface area contributed by atoms with Crippen LogP contribution in [0.5, 0.6) is 0 Å². The Bertz CT molecular complexity index is 910. The number of thiazole rings is 1. The summed E-state index contributed by atoms with van der Waals surface area (Å²) >= 11 is 1.20. The van der Waals surface area contributed by atoms with Crippen LogP contribution in [0.4, 0.5) is 5.69 Å². The number of hydrogen-bond donors (Lipinski definition) is 1. The number of nitrogens with zero attached hydrogens (tertiary/aromatic N) is 2. The summed E-state index contributed by atoms with van der Waals surface area (Å²) in [5, 5.41) is 3.34. The van der Waals surface area contributed by atoms with E-state index in [1.807, 2.05) is 36.4 Å². The van der Waals surface area contributed by atoms with Crippen LogP contribution in [0.15, 0.2) is 54.7 Å². The number of esters is 1. The van der Waals surface area contributed by atoms with Crippen LogP contribution in [0.2, 0.25) is 0 Å². The molecule has 3 aromatic rings. The number of amides is 1. The number of carbonyl (C=O) groups is 2. The Morgan fingerprint density at radius 3 is 2.54 bits per heavy atom. The molecule has 0 fully saturated rings. The first-order valence-corrected chi connectivity index (χ1v) is 8.82. The Balaban J connectivity index is 1.68. The van der Waals surface area contributed by atoms with Gasteiger partial charge in [-0.15, -0.1) is 11.3 Å². The van der Waals surface area contributed by atoms with Crippen molar-refractivity contribution in [2.45, 2.75) is 20.0 Å². The Morgan fingerprint density at radius 2 is 1.85 bits per heavy atom. The van der Waals surface area contributed by atoms with E-state index in [0.29, 0.717) is 27.0 Å². The predicted molar refractivity (Wildman–Crippen MR) is 100 cm³/mol. The number of nitrogens with one attached hydrogen (secondary N) is 1. The van der Waals surface area contributed by atoms with Gasteiger partial charge in [0.2, 0.25) is 0 Å². The minimum atomic E-state index is -0.928. The van der Waals surface area contributed by atoms with E-state index in [1.54, 1.807) is 25.3 Å². The van der Waals surface area contributed by atoms with Crippen molar-refractivity contribution in [1.29, 1.82) is 0 Å². The van der Waals surface area contributed by atoms with Gasteiger partial charge in [-0.05, 0) is 38.1 Å². The zero-order valence-electron chi connectivity index (χ0n) is 14.3. The summed E-state index contributed by atoms with van der Waals surface area (Å²) in [5.74, 6) is -0.963. The second kappa shape index (κ2) is 7.88.